The van der Waals surface area contributed by atoms with Gasteiger partial charge in [-0.15, -0.1) is 0 Å². The quantitative estimate of drug-likeness (QED) is 0.694. The van der Waals surface area contributed by atoms with E-state index in [2.05, 4.69) is 11.8 Å². The van der Waals surface area contributed by atoms with E-state index in [1.165, 1.54) is 12.8 Å². The summed E-state index contributed by atoms with van der Waals surface area (Å²) in [5.41, 5.74) is -0.366. The standard InChI is InChI=1S/C10H16O2S/c11-10(7-5-12-6-7)3-8-1-2-9(4-10)13-8/h7-9,11H,1-6H2. The van der Waals surface area contributed by atoms with Crippen molar-refractivity contribution in [1.82, 2.24) is 0 Å². The van der Waals surface area contributed by atoms with Gasteiger partial charge in [0.05, 0.1) is 18.8 Å². The van der Waals surface area contributed by atoms with Crippen molar-refractivity contribution < 1.29 is 9.84 Å². The first-order valence-corrected chi connectivity index (χ1v) is 6.16. The summed E-state index contributed by atoms with van der Waals surface area (Å²) in [6.45, 7) is 1.58. The molecule has 2 bridgehead atoms. The molecule has 0 aromatic heterocycles. The highest BCUT2D eigenvalue weighted by molar-refractivity contribution is 8.00. The molecule has 0 aromatic rings. The van der Waals surface area contributed by atoms with Crippen LogP contribution in [0.1, 0.15) is 25.7 Å². The zero-order valence-electron chi connectivity index (χ0n) is 7.74. The van der Waals surface area contributed by atoms with E-state index in [9.17, 15) is 5.11 Å². The van der Waals surface area contributed by atoms with Crippen LogP contribution in [-0.4, -0.2) is 34.4 Å². The second-order valence-corrected chi connectivity index (χ2v) is 6.31. The largest absolute Gasteiger partial charge is 0.389 e. The van der Waals surface area contributed by atoms with Gasteiger partial charge < -0.3 is 9.84 Å². The fraction of sp³-hybridized carbons (Fsp3) is 1.00. The molecule has 3 saturated heterocycles. The fourth-order valence-electron chi connectivity index (χ4n) is 2.83. The summed E-state index contributed by atoms with van der Waals surface area (Å²) in [5, 5.41) is 12.0. The van der Waals surface area contributed by atoms with Crippen LogP contribution in [0.2, 0.25) is 0 Å². The third-order valence-electron chi connectivity index (χ3n) is 3.76. The van der Waals surface area contributed by atoms with Crippen molar-refractivity contribution in [1.29, 1.82) is 0 Å². The molecule has 0 aromatic carbocycles. The fourth-order valence-corrected chi connectivity index (χ4v) is 4.69. The lowest BCUT2D eigenvalue weighted by molar-refractivity contribution is -0.152. The van der Waals surface area contributed by atoms with Crippen LogP contribution in [0, 0.1) is 5.92 Å². The molecule has 3 fully saturated rings. The van der Waals surface area contributed by atoms with E-state index in [-0.39, 0.29) is 5.60 Å². The molecule has 3 heteroatoms. The van der Waals surface area contributed by atoms with Gasteiger partial charge in [-0.25, -0.2) is 0 Å². The maximum Gasteiger partial charge on any atom is 0.0741 e. The van der Waals surface area contributed by atoms with Crippen molar-refractivity contribution in [3.8, 4) is 0 Å². The monoisotopic (exact) mass is 200 g/mol. The molecule has 0 spiro atoms. The highest BCUT2D eigenvalue weighted by atomic mass is 32.2. The van der Waals surface area contributed by atoms with Crippen LogP contribution in [0.5, 0.6) is 0 Å². The van der Waals surface area contributed by atoms with Gasteiger partial charge in [-0.2, -0.15) is 11.8 Å². The van der Waals surface area contributed by atoms with Crippen molar-refractivity contribution in [2.75, 3.05) is 13.2 Å². The summed E-state index contributed by atoms with van der Waals surface area (Å²) < 4.78 is 5.18. The number of hydrogen-bond acceptors (Lipinski definition) is 3. The van der Waals surface area contributed by atoms with Gasteiger partial charge >= 0.3 is 0 Å². The van der Waals surface area contributed by atoms with Crippen LogP contribution >= 0.6 is 11.8 Å². The Bertz CT molecular complexity index is 203. The Labute approximate surface area is 83.0 Å². The van der Waals surface area contributed by atoms with Gasteiger partial charge in [0.2, 0.25) is 0 Å². The Balaban J connectivity index is 1.76. The molecule has 3 rings (SSSR count). The van der Waals surface area contributed by atoms with E-state index in [1.54, 1.807) is 0 Å². The van der Waals surface area contributed by atoms with E-state index in [0.717, 1.165) is 36.6 Å². The number of hydrogen-bond donors (Lipinski definition) is 1. The molecule has 0 aliphatic carbocycles. The van der Waals surface area contributed by atoms with Crippen LogP contribution in [-0.2, 0) is 4.74 Å². The lowest BCUT2D eigenvalue weighted by Gasteiger charge is -2.45. The van der Waals surface area contributed by atoms with Gasteiger partial charge in [-0.1, -0.05) is 0 Å². The SMILES string of the molecule is OC1(C2COC2)CC2CCC(C1)S2. The Morgan fingerprint density at radius 1 is 1.15 bits per heavy atom. The summed E-state index contributed by atoms with van der Waals surface area (Å²) >= 11 is 2.11. The third-order valence-corrected chi connectivity index (χ3v) is 5.33. The summed E-state index contributed by atoms with van der Waals surface area (Å²) in [4.78, 5) is 0. The molecule has 2 atom stereocenters. The van der Waals surface area contributed by atoms with Crippen molar-refractivity contribution in [3.63, 3.8) is 0 Å². The van der Waals surface area contributed by atoms with Gasteiger partial charge in [-0.05, 0) is 25.7 Å². The zero-order chi connectivity index (χ0) is 8.89. The van der Waals surface area contributed by atoms with Crippen molar-refractivity contribution in [2.24, 2.45) is 5.92 Å². The second kappa shape index (κ2) is 2.88. The predicted molar refractivity (Wildman–Crippen MR) is 52.9 cm³/mol. The molecular weight excluding hydrogens is 184 g/mol. The van der Waals surface area contributed by atoms with Gasteiger partial charge in [0.25, 0.3) is 0 Å². The van der Waals surface area contributed by atoms with E-state index in [1.807, 2.05) is 0 Å². The summed E-state index contributed by atoms with van der Waals surface area (Å²) in [6.07, 6.45) is 4.68. The Morgan fingerprint density at radius 2 is 1.77 bits per heavy atom. The van der Waals surface area contributed by atoms with Crippen LogP contribution < -0.4 is 0 Å². The third kappa shape index (κ3) is 1.32. The van der Waals surface area contributed by atoms with Crippen LogP contribution in [0.3, 0.4) is 0 Å². The highest BCUT2D eigenvalue weighted by Crippen LogP contribution is 2.50. The molecule has 3 aliphatic rings. The molecule has 0 amide bonds. The Morgan fingerprint density at radius 3 is 2.23 bits per heavy atom. The number of aliphatic hydroxyl groups is 1. The van der Waals surface area contributed by atoms with Gasteiger partial charge in [0.1, 0.15) is 0 Å². The molecule has 2 nitrogen and oxygen atoms in total. The maximum absolute atomic E-state index is 10.5. The lowest BCUT2D eigenvalue weighted by Crippen LogP contribution is -2.52. The van der Waals surface area contributed by atoms with Gasteiger partial charge in [0, 0.05) is 16.4 Å². The molecule has 1 N–H and O–H groups in total. The molecule has 74 valence electrons. The van der Waals surface area contributed by atoms with E-state index in [0.29, 0.717) is 5.92 Å². The number of ether oxygens (including phenoxy) is 1. The molecule has 0 saturated carbocycles. The molecule has 3 aliphatic heterocycles. The van der Waals surface area contributed by atoms with Crippen LogP contribution in [0.15, 0.2) is 0 Å². The average molecular weight is 200 g/mol. The second-order valence-electron chi connectivity index (χ2n) is 4.70. The Kier molecular flexibility index (Phi) is 1.90. The lowest BCUT2D eigenvalue weighted by atomic mass is 9.79. The minimum Gasteiger partial charge on any atom is -0.389 e. The van der Waals surface area contributed by atoms with Crippen LogP contribution in [0.25, 0.3) is 0 Å². The molecule has 13 heavy (non-hydrogen) atoms. The van der Waals surface area contributed by atoms with Gasteiger partial charge in [-0.3, -0.25) is 0 Å². The minimum absolute atomic E-state index is 0.366. The molecule has 2 unspecified atom stereocenters. The first-order chi connectivity index (χ1) is 6.26. The summed E-state index contributed by atoms with van der Waals surface area (Å²) in [7, 11) is 0. The predicted octanol–water partition coefficient (Wildman–Crippen LogP) is 1.42. The van der Waals surface area contributed by atoms with E-state index in [4.69, 9.17) is 4.74 Å². The van der Waals surface area contributed by atoms with Crippen molar-refractivity contribution >= 4 is 11.8 Å². The topological polar surface area (TPSA) is 29.5 Å². The number of rotatable bonds is 1. The van der Waals surface area contributed by atoms with E-state index < -0.39 is 0 Å². The van der Waals surface area contributed by atoms with E-state index >= 15 is 0 Å². The van der Waals surface area contributed by atoms with Gasteiger partial charge in [0.15, 0.2) is 0 Å². The molecule has 3 heterocycles. The van der Waals surface area contributed by atoms with Crippen molar-refractivity contribution in [2.45, 2.75) is 41.8 Å². The molecule has 0 radical (unpaired) electrons. The zero-order valence-corrected chi connectivity index (χ0v) is 8.55. The first kappa shape index (κ1) is 8.57. The highest BCUT2D eigenvalue weighted by Gasteiger charge is 2.49. The normalized spacial score (nSPS) is 50.5. The number of fused-ring (bicyclic) bond motifs is 2. The maximum atomic E-state index is 10.5. The Hall–Kier alpha value is 0.270. The van der Waals surface area contributed by atoms with Crippen LogP contribution in [0.4, 0.5) is 0 Å². The smallest absolute Gasteiger partial charge is 0.0741 e. The summed E-state index contributed by atoms with van der Waals surface area (Å²) in [5.74, 6) is 0.441. The first-order valence-electron chi connectivity index (χ1n) is 5.22. The number of thioether (sulfide) groups is 1. The minimum atomic E-state index is -0.366. The van der Waals surface area contributed by atoms with Crippen molar-refractivity contribution in [3.05, 3.63) is 0 Å². The summed E-state index contributed by atoms with van der Waals surface area (Å²) in [6, 6.07) is 0. The average Bonchev–Trinajstić information content (AvgIpc) is 2.25. The molecular formula is C10H16O2S.